The highest BCUT2D eigenvalue weighted by atomic mass is 32.1. The van der Waals surface area contributed by atoms with Crippen LogP contribution in [0.1, 0.15) is 63.8 Å². The average molecular weight is 437 g/mol. The maximum atomic E-state index is 13.0. The molecule has 2 aromatic heterocycles. The molecular formula is C24H28N4O2S. The minimum absolute atomic E-state index is 0.0929. The topological polar surface area (TPSA) is 76.9 Å². The highest BCUT2D eigenvalue weighted by molar-refractivity contribution is 7.17. The van der Waals surface area contributed by atoms with E-state index in [4.69, 9.17) is 0 Å². The number of hydrogen-bond donors (Lipinski definition) is 1. The van der Waals surface area contributed by atoms with Crippen LogP contribution in [0.15, 0.2) is 35.1 Å². The first kappa shape index (κ1) is 21.4. The summed E-state index contributed by atoms with van der Waals surface area (Å²) < 4.78 is 1.33. The first-order chi connectivity index (χ1) is 14.8. The van der Waals surface area contributed by atoms with Crippen LogP contribution in [-0.2, 0) is 7.05 Å². The number of hydrogen-bond acceptors (Lipinski definition) is 5. The predicted molar refractivity (Wildman–Crippen MR) is 124 cm³/mol. The molecule has 0 spiro atoms. The molecule has 1 saturated carbocycles. The Morgan fingerprint density at radius 2 is 1.74 bits per heavy atom. The lowest BCUT2D eigenvalue weighted by molar-refractivity contribution is 0.0929. The zero-order chi connectivity index (χ0) is 22.1. The number of nitrogens with one attached hydrogen (secondary N) is 1. The van der Waals surface area contributed by atoms with E-state index < -0.39 is 0 Å². The molecule has 0 bridgehead atoms. The van der Waals surface area contributed by atoms with Crippen molar-refractivity contribution in [2.45, 2.75) is 58.4 Å². The number of benzene rings is 1. The van der Waals surface area contributed by atoms with Gasteiger partial charge in [0.25, 0.3) is 11.5 Å². The lowest BCUT2D eigenvalue weighted by Crippen LogP contribution is -2.37. The van der Waals surface area contributed by atoms with Gasteiger partial charge in [-0.3, -0.25) is 9.59 Å². The summed E-state index contributed by atoms with van der Waals surface area (Å²) in [5.74, 6) is 0.477. The van der Waals surface area contributed by atoms with E-state index in [-0.39, 0.29) is 17.5 Å². The fraction of sp³-hybridized carbons (Fsp3) is 0.417. The molecule has 1 amide bonds. The van der Waals surface area contributed by atoms with Gasteiger partial charge in [0.1, 0.15) is 9.88 Å². The van der Waals surface area contributed by atoms with Crippen molar-refractivity contribution in [1.29, 1.82) is 0 Å². The van der Waals surface area contributed by atoms with Gasteiger partial charge in [-0.1, -0.05) is 30.3 Å². The average Bonchev–Trinajstić information content (AvgIpc) is 3.15. The van der Waals surface area contributed by atoms with E-state index >= 15 is 0 Å². The van der Waals surface area contributed by atoms with Gasteiger partial charge in [0, 0.05) is 13.1 Å². The number of carbonyl (C=O) groups excluding carboxylic acids is 1. The zero-order valence-electron chi connectivity index (χ0n) is 18.4. The molecule has 0 aliphatic heterocycles. The van der Waals surface area contributed by atoms with Crippen LogP contribution in [-0.4, -0.2) is 26.7 Å². The Morgan fingerprint density at radius 3 is 2.42 bits per heavy atom. The van der Waals surface area contributed by atoms with Crippen LogP contribution in [0.4, 0.5) is 0 Å². The van der Waals surface area contributed by atoms with E-state index in [0.29, 0.717) is 27.1 Å². The highest BCUT2D eigenvalue weighted by Gasteiger charge is 2.26. The van der Waals surface area contributed by atoms with Crippen LogP contribution in [0.3, 0.4) is 0 Å². The molecule has 1 aliphatic rings. The molecule has 0 saturated heterocycles. The number of amides is 1. The molecule has 0 radical (unpaired) electrons. The summed E-state index contributed by atoms with van der Waals surface area (Å²) in [6.45, 7) is 5.58. The predicted octanol–water partition coefficient (Wildman–Crippen LogP) is 4.29. The van der Waals surface area contributed by atoms with Crippen LogP contribution >= 0.6 is 11.3 Å². The van der Waals surface area contributed by atoms with Gasteiger partial charge >= 0.3 is 0 Å². The molecule has 1 aliphatic carbocycles. The third-order valence-corrected chi connectivity index (χ3v) is 7.45. The molecule has 6 nitrogen and oxygen atoms in total. The highest BCUT2D eigenvalue weighted by Crippen LogP contribution is 2.33. The summed E-state index contributed by atoms with van der Waals surface area (Å²) in [6, 6.07) is 10.8. The molecule has 0 atom stereocenters. The van der Waals surface area contributed by atoms with Gasteiger partial charge < -0.3 is 5.32 Å². The number of carbonyl (C=O) groups is 1. The van der Waals surface area contributed by atoms with Crippen LogP contribution in [0.2, 0.25) is 0 Å². The lowest BCUT2D eigenvalue weighted by Gasteiger charge is -2.29. The minimum atomic E-state index is -0.192. The van der Waals surface area contributed by atoms with Gasteiger partial charge in [-0.25, -0.2) is 9.67 Å². The standard InChI is InChI=1S/C24H28N4O2S/c1-14-15(2)27-28(4)24(30)20(14)23-25-16(3)21(31-23)22(29)26-19-12-10-18(11-13-19)17-8-6-5-7-9-17/h5-9,18-19H,10-13H2,1-4H3,(H,26,29). The SMILES string of the molecule is Cc1nc(-c2c(C)c(C)nn(C)c2=O)sc1C(=O)NC1CCC(c2ccccc2)CC1. The second-order valence-corrected chi connectivity index (χ2v) is 9.38. The van der Waals surface area contributed by atoms with Gasteiger partial charge in [-0.05, 0) is 63.5 Å². The maximum absolute atomic E-state index is 13.0. The number of aromatic nitrogens is 3. The molecule has 1 N–H and O–H groups in total. The number of thiazole rings is 1. The largest absolute Gasteiger partial charge is 0.349 e. The summed E-state index contributed by atoms with van der Waals surface area (Å²) in [4.78, 5) is 30.8. The van der Waals surface area contributed by atoms with Gasteiger partial charge in [0.05, 0.1) is 17.0 Å². The van der Waals surface area contributed by atoms with Crippen LogP contribution in [0.5, 0.6) is 0 Å². The van der Waals surface area contributed by atoms with Gasteiger partial charge in [0.2, 0.25) is 0 Å². The summed E-state index contributed by atoms with van der Waals surface area (Å²) in [7, 11) is 1.64. The molecule has 1 aromatic carbocycles. The maximum Gasteiger partial charge on any atom is 0.277 e. The third-order valence-electron chi connectivity index (χ3n) is 6.28. The van der Waals surface area contributed by atoms with E-state index in [1.54, 1.807) is 7.05 Å². The van der Waals surface area contributed by atoms with Crippen molar-refractivity contribution in [3.8, 4) is 10.6 Å². The summed E-state index contributed by atoms with van der Waals surface area (Å²) in [5, 5.41) is 8.01. The van der Waals surface area contributed by atoms with Crippen molar-refractivity contribution in [1.82, 2.24) is 20.1 Å². The van der Waals surface area contributed by atoms with E-state index in [0.717, 1.165) is 36.9 Å². The molecule has 3 aromatic rings. The van der Waals surface area contributed by atoms with E-state index in [9.17, 15) is 9.59 Å². The fourth-order valence-electron chi connectivity index (χ4n) is 4.36. The van der Waals surface area contributed by atoms with Crippen molar-refractivity contribution in [3.63, 3.8) is 0 Å². The zero-order valence-corrected chi connectivity index (χ0v) is 19.3. The molecule has 162 valence electrons. The molecule has 0 unspecified atom stereocenters. The summed E-state index contributed by atoms with van der Waals surface area (Å²) in [6.07, 6.45) is 4.10. The Morgan fingerprint density at radius 1 is 1.06 bits per heavy atom. The molecular weight excluding hydrogens is 408 g/mol. The molecule has 4 rings (SSSR count). The molecule has 2 heterocycles. The van der Waals surface area contributed by atoms with Crippen molar-refractivity contribution in [2.75, 3.05) is 0 Å². The Balaban J connectivity index is 1.48. The first-order valence-corrected chi connectivity index (χ1v) is 11.5. The monoisotopic (exact) mass is 436 g/mol. The Kier molecular flexibility index (Phi) is 6.05. The Labute approximate surface area is 186 Å². The first-order valence-electron chi connectivity index (χ1n) is 10.7. The normalized spacial score (nSPS) is 18.7. The number of nitrogens with zero attached hydrogens (tertiary/aromatic N) is 3. The Hall–Kier alpha value is -2.80. The van der Waals surface area contributed by atoms with Crippen LogP contribution in [0.25, 0.3) is 10.6 Å². The van der Waals surface area contributed by atoms with E-state index in [2.05, 4.69) is 39.7 Å². The van der Waals surface area contributed by atoms with Gasteiger partial charge in [0.15, 0.2) is 0 Å². The van der Waals surface area contributed by atoms with E-state index in [1.165, 1.54) is 21.6 Å². The second-order valence-electron chi connectivity index (χ2n) is 8.38. The molecule has 31 heavy (non-hydrogen) atoms. The summed E-state index contributed by atoms with van der Waals surface area (Å²) >= 11 is 1.29. The van der Waals surface area contributed by atoms with Crippen molar-refractivity contribution >= 4 is 17.2 Å². The van der Waals surface area contributed by atoms with Crippen molar-refractivity contribution < 1.29 is 4.79 Å². The van der Waals surface area contributed by atoms with Crippen LogP contribution < -0.4 is 10.9 Å². The number of aryl methyl sites for hydroxylation is 3. The van der Waals surface area contributed by atoms with Crippen molar-refractivity contribution in [3.05, 3.63) is 68.1 Å². The quantitative estimate of drug-likeness (QED) is 0.662. The van der Waals surface area contributed by atoms with Crippen molar-refractivity contribution in [2.24, 2.45) is 7.05 Å². The summed E-state index contributed by atoms with van der Waals surface area (Å²) in [5.41, 5.74) is 3.98. The fourth-order valence-corrected chi connectivity index (χ4v) is 5.43. The minimum Gasteiger partial charge on any atom is -0.349 e. The van der Waals surface area contributed by atoms with Gasteiger partial charge in [-0.15, -0.1) is 11.3 Å². The van der Waals surface area contributed by atoms with Gasteiger partial charge in [-0.2, -0.15) is 5.10 Å². The van der Waals surface area contributed by atoms with Crippen LogP contribution in [0, 0.1) is 20.8 Å². The lowest BCUT2D eigenvalue weighted by atomic mass is 9.82. The number of rotatable bonds is 4. The molecule has 1 fully saturated rings. The third kappa shape index (κ3) is 4.32. The second kappa shape index (κ2) is 8.75. The Bertz CT molecular complexity index is 1160. The smallest absolute Gasteiger partial charge is 0.277 e. The molecule has 7 heteroatoms. The van der Waals surface area contributed by atoms with E-state index in [1.807, 2.05) is 26.8 Å².